The highest BCUT2D eigenvalue weighted by atomic mass is 32.1. The van der Waals surface area contributed by atoms with Crippen molar-refractivity contribution >= 4 is 12.8 Å². The molecule has 0 aliphatic carbocycles. The third kappa shape index (κ3) is 10.6. The Bertz CT molecular complexity index is 143. The maximum Gasteiger partial charge on any atom is 0.00850 e. The fraction of sp³-hybridized carbons (Fsp3) is 1.00. The van der Waals surface area contributed by atoms with Crippen LogP contribution in [0.5, 0.6) is 0 Å². The lowest BCUT2D eigenvalue weighted by molar-refractivity contribution is 0.331. The third-order valence-corrected chi connectivity index (χ3v) is 2.90. The minimum atomic E-state index is 0.474. The van der Waals surface area contributed by atoms with Crippen molar-refractivity contribution in [2.45, 2.75) is 46.5 Å². The molecule has 0 amide bonds. The summed E-state index contributed by atoms with van der Waals surface area (Å²) in [5, 5.41) is 3.21. The average molecular weight is 232 g/mol. The van der Waals surface area contributed by atoms with Crippen LogP contribution in [0.1, 0.15) is 46.5 Å². The van der Waals surface area contributed by atoms with Gasteiger partial charge in [-0.2, -0.15) is 0 Å². The van der Waals surface area contributed by atoms with Gasteiger partial charge < -0.3 is 5.32 Å². The Morgan fingerprint density at radius 3 is 2.33 bits per heavy atom. The van der Waals surface area contributed by atoms with Gasteiger partial charge in [0.2, 0.25) is 0 Å². The van der Waals surface area contributed by atoms with Crippen molar-refractivity contribution in [3.8, 4) is 0 Å². The Labute approximate surface area is 101 Å². The van der Waals surface area contributed by atoms with Crippen molar-refractivity contribution in [2.75, 3.05) is 20.1 Å². The Hall–Kier alpha value is 0.270. The van der Waals surface area contributed by atoms with Crippen LogP contribution in [0.3, 0.4) is 0 Å². The van der Waals surface area contributed by atoms with Crippen LogP contribution in [-0.2, 0) is 0 Å². The van der Waals surface area contributed by atoms with Gasteiger partial charge in [0.25, 0.3) is 0 Å². The quantitative estimate of drug-likeness (QED) is 0.561. The summed E-state index contributed by atoms with van der Waals surface area (Å²) in [6, 6.07) is 0. The predicted octanol–water partition coefficient (Wildman–Crippen LogP) is 2.86. The van der Waals surface area contributed by atoms with Crippen molar-refractivity contribution < 1.29 is 0 Å². The van der Waals surface area contributed by atoms with Crippen molar-refractivity contribution in [2.24, 2.45) is 11.3 Å². The van der Waals surface area contributed by atoms with E-state index in [1.807, 2.05) is 7.05 Å². The van der Waals surface area contributed by atoms with E-state index >= 15 is 0 Å². The molecule has 0 aliphatic heterocycles. The SMILES string of the molecule is CNCCC(CCCC(C)(C)C)CNS. The Morgan fingerprint density at radius 1 is 1.20 bits per heavy atom. The van der Waals surface area contributed by atoms with Gasteiger partial charge in [-0.25, -0.2) is 0 Å². The monoisotopic (exact) mass is 232 g/mol. The molecule has 15 heavy (non-hydrogen) atoms. The predicted molar refractivity (Wildman–Crippen MR) is 72.3 cm³/mol. The maximum absolute atomic E-state index is 4.09. The highest BCUT2D eigenvalue weighted by Crippen LogP contribution is 2.23. The number of hydrogen-bond acceptors (Lipinski definition) is 3. The van der Waals surface area contributed by atoms with E-state index < -0.39 is 0 Å². The Morgan fingerprint density at radius 2 is 1.87 bits per heavy atom. The van der Waals surface area contributed by atoms with Gasteiger partial charge in [-0.1, -0.05) is 40.0 Å². The zero-order valence-electron chi connectivity index (χ0n) is 10.8. The standard InChI is InChI=1S/C12H28N2S/c1-12(2,3)8-5-6-11(10-14-15)7-9-13-4/h11,13-15H,5-10H2,1-4H3. The minimum absolute atomic E-state index is 0.474. The Kier molecular flexibility index (Phi) is 8.58. The van der Waals surface area contributed by atoms with E-state index in [2.05, 4.69) is 43.6 Å². The van der Waals surface area contributed by atoms with Crippen LogP contribution in [0, 0.1) is 11.3 Å². The summed E-state index contributed by atoms with van der Waals surface area (Å²) in [5.41, 5.74) is 0.474. The lowest BCUT2D eigenvalue weighted by atomic mass is 9.87. The molecule has 2 N–H and O–H groups in total. The zero-order chi connectivity index (χ0) is 11.7. The molecule has 2 nitrogen and oxygen atoms in total. The topological polar surface area (TPSA) is 24.1 Å². The van der Waals surface area contributed by atoms with Gasteiger partial charge in [-0.15, -0.1) is 0 Å². The van der Waals surface area contributed by atoms with Crippen LogP contribution in [0.4, 0.5) is 0 Å². The van der Waals surface area contributed by atoms with Gasteiger partial charge >= 0.3 is 0 Å². The second kappa shape index (κ2) is 8.43. The summed E-state index contributed by atoms with van der Waals surface area (Å²) in [6.45, 7) is 9.07. The van der Waals surface area contributed by atoms with E-state index in [0.717, 1.165) is 19.0 Å². The molecule has 0 aromatic rings. The fourth-order valence-corrected chi connectivity index (χ4v) is 2.01. The summed E-state index contributed by atoms with van der Waals surface area (Å²) in [6.07, 6.45) is 5.20. The molecule has 0 spiro atoms. The van der Waals surface area contributed by atoms with Crippen LogP contribution in [-0.4, -0.2) is 20.1 Å². The van der Waals surface area contributed by atoms with Gasteiger partial charge in [-0.05, 0) is 44.2 Å². The van der Waals surface area contributed by atoms with E-state index in [1.54, 1.807) is 0 Å². The van der Waals surface area contributed by atoms with E-state index in [0.29, 0.717) is 5.41 Å². The summed E-state index contributed by atoms with van der Waals surface area (Å²) in [5.74, 6) is 0.761. The van der Waals surface area contributed by atoms with Crippen LogP contribution in [0.2, 0.25) is 0 Å². The lowest BCUT2D eigenvalue weighted by Gasteiger charge is -2.21. The minimum Gasteiger partial charge on any atom is -0.320 e. The van der Waals surface area contributed by atoms with Crippen LogP contribution in [0.25, 0.3) is 0 Å². The van der Waals surface area contributed by atoms with Crippen molar-refractivity contribution in [3.63, 3.8) is 0 Å². The van der Waals surface area contributed by atoms with E-state index in [1.165, 1.54) is 25.7 Å². The first-order valence-corrected chi connectivity index (χ1v) is 6.46. The number of hydrogen-bond donors (Lipinski definition) is 3. The van der Waals surface area contributed by atoms with Gasteiger partial charge in [0, 0.05) is 6.54 Å². The van der Waals surface area contributed by atoms with Crippen LogP contribution < -0.4 is 10.0 Å². The number of rotatable bonds is 8. The number of thiol groups is 1. The second-order valence-corrected chi connectivity index (χ2v) is 5.89. The molecular weight excluding hydrogens is 204 g/mol. The largest absolute Gasteiger partial charge is 0.320 e. The highest BCUT2D eigenvalue weighted by Gasteiger charge is 2.12. The van der Waals surface area contributed by atoms with Gasteiger partial charge in [0.05, 0.1) is 0 Å². The normalized spacial score (nSPS) is 14.2. The molecule has 0 aliphatic rings. The fourth-order valence-electron chi connectivity index (χ4n) is 1.75. The Balaban J connectivity index is 3.65. The molecule has 0 saturated heterocycles. The molecular formula is C12H28N2S. The molecule has 0 aromatic heterocycles. The van der Waals surface area contributed by atoms with Crippen molar-refractivity contribution in [1.82, 2.24) is 10.0 Å². The molecule has 0 rings (SSSR count). The maximum atomic E-state index is 4.09. The summed E-state index contributed by atoms with van der Waals surface area (Å²) < 4.78 is 2.99. The van der Waals surface area contributed by atoms with Gasteiger partial charge in [-0.3, -0.25) is 4.72 Å². The first-order valence-electron chi connectivity index (χ1n) is 6.01. The van der Waals surface area contributed by atoms with E-state index in [9.17, 15) is 0 Å². The molecule has 0 bridgehead atoms. The molecule has 3 heteroatoms. The van der Waals surface area contributed by atoms with Gasteiger partial charge in [0.1, 0.15) is 0 Å². The van der Waals surface area contributed by atoms with Gasteiger partial charge in [0.15, 0.2) is 0 Å². The molecule has 0 radical (unpaired) electrons. The van der Waals surface area contributed by atoms with Crippen molar-refractivity contribution in [3.05, 3.63) is 0 Å². The summed E-state index contributed by atoms with van der Waals surface area (Å²) >= 11 is 4.09. The van der Waals surface area contributed by atoms with E-state index in [-0.39, 0.29) is 0 Å². The molecule has 1 unspecified atom stereocenters. The first kappa shape index (κ1) is 15.3. The average Bonchev–Trinajstić information content (AvgIpc) is 2.12. The lowest BCUT2D eigenvalue weighted by Crippen LogP contribution is -2.21. The first-order chi connectivity index (χ1) is 6.99. The molecule has 0 aromatic carbocycles. The summed E-state index contributed by atoms with van der Waals surface area (Å²) in [7, 11) is 2.01. The van der Waals surface area contributed by atoms with E-state index in [4.69, 9.17) is 0 Å². The zero-order valence-corrected chi connectivity index (χ0v) is 11.7. The van der Waals surface area contributed by atoms with Crippen LogP contribution >= 0.6 is 12.8 Å². The molecule has 0 heterocycles. The summed E-state index contributed by atoms with van der Waals surface area (Å²) in [4.78, 5) is 0. The molecule has 0 saturated carbocycles. The molecule has 0 fully saturated rings. The second-order valence-electron chi connectivity index (χ2n) is 5.57. The van der Waals surface area contributed by atoms with Crippen LogP contribution in [0.15, 0.2) is 0 Å². The number of nitrogens with one attached hydrogen (secondary N) is 2. The molecule has 1 atom stereocenters. The van der Waals surface area contributed by atoms with Crippen molar-refractivity contribution in [1.29, 1.82) is 0 Å². The molecule has 92 valence electrons. The smallest absolute Gasteiger partial charge is 0.00850 e. The highest BCUT2D eigenvalue weighted by molar-refractivity contribution is 7.78. The third-order valence-electron chi connectivity index (χ3n) is 2.72.